The molecule has 2 unspecified atom stereocenters. The lowest BCUT2D eigenvalue weighted by atomic mass is 9.95. The van der Waals surface area contributed by atoms with Crippen LogP contribution in [0, 0.1) is 0 Å². The van der Waals surface area contributed by atoms with Gasteiger partial charge in [0.25, 0.3) is 0 Å². The van der Waals surface area contributed by atoms with Gasteiger partial charge in [0, 0.05) is 18.2 Å². The third kappa shape index (κ3) is 11.0. The number of carboxylic acids is 2. The van der Waals surface area contributed by atoms with Crippen LogP contribution in [-0.4, -0.2) is 76.0 Å². The van der Waals surface area contributed by atoms with Crippen LogP contribution in [0.25, 0.3) is 0 Å². The Kier molecular flexibility index (Phi) is 11.8. The van der Waals surface area contributed by atoms with Crippen molar-refractivity contribution in [1.82, 2.24) is 16.0 Å². The maximum absolute atomic E-state index is 12.2. The molecule has 1 aliphatic rings. The molecule has 0 aromatic heterocycles. The number of rotatable bonds is 13. The molecule has 1 aliphatic carbocycles. The molecule has 0 heterocycles. The van der Waals surface area contributed by atoms with E-state index in [1.165, 1.54) is 6.42 Å². The molecule has 3 amide bonds. The summed E-state index contributed by atoms with van der Waals surface area (Å²) < 4.78 is 0. The van der Waals surface area contributed by atoms with Crippen molar-refractivity contribution in [1.29, 1.82) is 0 Å². The minimum atomic E-state index is -1.24. The number of thioether (sulfide) groups is 1. The first-order valence-corrected chi connectivity index (χ1v) is 11.0. The maximum atomic E-state index is 12.2. The molecule has 0 bridgehead atoms. The highest BCUT2D eigenvalue weighted by Gasteiger charge is 2.23. The predicted molar refractivity (Wildman–Crippen MR) is 110 cm³/mol. The monoisotopic (exact) mass is 446 g/mol. The van der Waals surface area contributed by atoms with Gasteiger partial charge in [-0.25, -0.2) is 0 Å². The Morgan fingerprint density at radius 3 is 2.30 bits per heavy atom. The second-order valence-electron chi connectivity index (χ2n) is 7.13. The Labute approximate surface area is 178 Å². The van der Waals surface area contributed by atoms with E-state index >= 15 is 0 Å². The number of hydrogen-bond donors (Lipinski definition) is 6. The number of carbonyl (C=O) groups excluding carboxylic acids is 3. The minimum absolute atomic E-state index is 0.0558. The summed E-state index contributed by atoms with van der Waals surface area (Å²) in [6.07, 6.45) is 4.93. The summed E-state index contributed by atoms with van der Waals surface area (Å²) in [5.41, 5.74) is 5.35. The molecule has 170 valence electrons. The molecule has 0 radical (unpaired) electrons. The lowest BCUT2D eigenvalue weighted by molar-refractivity contribution is -0.139. The molecule has 0 aromatic carbocycles. The third-order valence-electron chi connectivity index (χ3n) is 4.55. The van der Waals surface area contributed by atoms with Gasteiger partial charge in [0.1, 0.15) is 18.6 Å². The van der Waals surface area contributed by atoms with Crippen molar-refractivity contribution < 1.29 is 34.2 Å². The van der Waals surface area contributed by atoms with Crippen molar-refractivity contribution in [2.75, 3.05) is 18.1 Å². The van der Waals surface area contributed by atoms with Gasteiger partial charge in [0.2, 0.25) is 17.7 Å². The van der Waals surface area contributed by atoms with Crippen LogP contribution in [0.3, 0.4) is 0 Å². The van der Waals surface area contributed by atoms with E-state index in [0.29, 0.717) is 0 Å². The van der Waals surface area contributed by atoms with Crippen LogP contribution in [0.2, 0.25) is 0 Å². The Bertz CT molecular complexity index is 626. The highest BCUT2D eigenvalue weighted by molar-refractivity contribution is 8.00. The van der Waals surface area contributed by atoms with Gasteiger partial charge in [-0.1, -0.05) is 19.3 Å². The standard InChI is InChI=1S/C18H30N4O7S/c19-12(18(28)29)6-7-14(23)22-13(17(27)20-8-16(25)26)9-30-10-15(24)21-11-4-2-1-3-5-11/h11-13H,1-10,19H2,(H,20,27)(H,21,24)(H,22,23)(H,25,26)(H,28,29). The number of carbonyl (C=O) groups is 5. The summed E-state index contributed by atoms with van der Waals surface area (Å²) in [4.78, 5) is 57.7. The molecule has 0 saturated heterocycles. The fourth-order valence-electron chi connectivity index (χ4n) is 2.93. The van der Waals surface area contributed by atoms with Gasteiger partial charge in [-0.2, -0.15) is 0 Å². The quantitative estimate of drug-likeness (QED) is 0.207. The lowest BCUT2D eigenvalue weighted by Crippen LogP contribution is -2.49. The molecular formula is C18H30N4O7S. The van der Waals surface area contributed by atoms with Gasteiger partial charge in [-0.3, -0.25) is 24.0 Å². The van der Waals surface area contributed by atoms with Crippen LogP contribution in [-0.2, 0) is 24.0 Å². The Balaban J connectivity index is 2.50. The minimum Gasteiger partial charge on any atom is -0.480 e. The summed E-state index contributed by atoms with van der Waals surface area (Å²) in [6, 6.07) is -2.10. The zero-order chi connectivity index (χ0) is 22.5. The molecule has 7 N–H and O–H groups in total. The number of amides is 3. The molecule has 1 saturated carbocycles. The summed E-state index contributed by atoms with van der Waals surface area (Å²) in [7, 11) is 0. The van der Waals surface area contributed by atoms with Crippen LogP contribution < -0.4 is 21.7 Å². The SMILES string of the molecule is NC(CCC(=O)NC(CSCC(=O)NC1CCCCC1)C(=O)NCC(=O)O)C(=O)O. The van der Waals surface area contributed by atoms with Crippen LogP contribution in [0.15, 0.2) is 0 Å². The maximum Gasteiger partial charge on any atom is 0.322 e. The second kappa shape index (κ2) is 13.8. The molecule has 30 heavy (non-hydrogen) atoms. The number of nitrogens with one attached hydrogen (secondary N) is 3. The molecular weight excluding hydrogens is 416 g/mol. The average molecular weight is 447 g/mol. The summed E-state index contributed by atoms with van der Waals surface area (Å²) in [6.45, 7) is -0.609. The van der Waals surface area contributed by atoms with Crippen molar-refractivity contribution in [2.45, 2.75) is 63.1 Å². The van der Waals surface area contributed by atoms with E-state index < -0.39 is 42.4 Å². The summed E-state index contributed by atoms with van der Waals surface area (Å²) >= 11 is 1.14. The first-order chi connectivity index (χ1) is 14.2. The van der Waals surface area contributed by atoms with E-state index in [2.05, 4.69) is 16.0 Å². The van der Waals surface area contributed by atoms with E-state index in [4.69, 9.17) is 15.9 Å². The molecule has 1 fully saturated rings. The zero-order valence-corrected chi connectivity index (χ0v) is 17.5. The topological polar surface area (TPSA) is 188 Å². The first-order valence-electron chi connectivity index (χ1n) is 9.83. The zero-order valence-electron chi connectivity index (χ0n) is 16.7. The lowest BCUT2D eigenvalue weighted by Gasteiger charge is -2.23. The molecule has 0 aromatic rings. The van der Waals surface area contributed by atoms with Gasteiger partial charge in [0.15, 0.2) is 0 Å². The van der Waals surface area contributed by atoms with Crippen LogP contribution in [0.4, 0.5) is 0 Å². The third-order valence-corrected chi connectivity index (χ3v) is 5.59. The largest absolute Gasteiger partial charge is 0.480 e. The van der Waals surface area contributed by atoms with E-state index in [-0.39, 0.29) is 36.3 Å². The van der Waals surface area contributed by atoms with Gasteiger partial charge < -0.3 is 31.9 Å². The fraction of sp³-hybridized carbons (Fsp3) is 0.722. The molecule has 0 aliphatic heterocycles. The van der Waals surface area contributed by atoms with Crippen molar-refractivity contribution in [3.8, 4) is 0 Å². The van der Waals surface area contributed by atoms with Crippen LogP contribution in [0.5, 0.6) is 0 Å². The normalized spacial score (nSPS) is 16.2. The summed E-state index contributed by atoms with van der Waals surface area (Å²) in [5.74, 6) is -3.77. The van der Waals surface area contributed by atoms with Crippen molar-refractivity contribution in [2.24, 2.45) is 5.73 Å². The van der Waals surface area contributed by atoms with Crippen LogP contribution in [0.1, 0.15) is 44.9 Å². The molecule has 11 nitrogen and oxygen atoms in total. The van der Waals surface area contributed by atoms with E-state index in [1.54, 1.807) is 0 Å². The van der Waals surface area contributed by atoms with Gasteiger partial charge in [-0.15, -0.1) is 11.8 Å². The summed E-state index contributed by atoms with van der Waals surface area (Å²) in [5, 5.41) is 25.0. The van der Waals surface area contributed by atoms with Crippen LogP contribution >= 0.6 is 11.8 Å². The number of hydrogen-bond acceptors (Lipinski definition) is 7. The smallest absolute Gasteiger partial charge is 0.322 e. The molecule has 2 atom stereocenters. The van der Waals surface area contributed by atoms with Crippen molar-refractivity contribution in [3.05, 3.63) is 0 Å². The average Bonchev–Trinajstić information content (AvgIpc) is 2.70. The van der Waals surface area contributed by atoms with Gasteiger partial charge in [-0.05, 0) is 19.3 Å². The highest BCUT2D eigenvalue weighted by atomic mass is 32.2. The number of nitrogens with two attached hydrogens (primary N) is 1. The van der Waals surface area contributed by atoms with Crippen molar-refractivity contribution >= 4 is 41.4 Å². The Morgan fingerprint density at radius 2 is 1.70 bits per heavy atom. The molecule has 12 heteroatoms. The molecule has 1 rings (SSSR count). The first kappa shape index (κ1) is 25.7. The van der Waals surface area contributed by atoms with E-state index in [1.807, 2.05) is 0 Å². The van der Waals surface area contributed by atoms with E-state index in [0.717, 1.165) is 37.4 Å². The fourth-order valence-corrected chi connectivity index (χ4v) is 3.79. The van der Waals surface area contributed by atoms with Gasteiger partial charge >= 0.3 is 11.9 Å². The Hall–Kier alpha value is -2.34. The van der Waals surface area contributed by atoms with Gasteiger partial charge in [0.05, 0.1) is 5.75 Å². The highest BCUT2D eigenvalue weighted by Crippen LogP contribution is 2.17. The predicted octanol–water partition coefficient (Wildman–Crippen LogP) is -0.954. The molecule has 0 spiro atoms. The van der Waals surface area contributed by atoms with E-state index in [9.17, 15) is 24.0 Å². The number of aliphatic carboxylic acids is 2. The number of carboxylic acid groups (broad SMARTS) is 2. The van der Waals surface area contributed by atoms with Crippen molar-refractivity contribution in [3.63, 3.8) is 0 Å². The Morgan fingerprint density at radius 1 is 1.03 bits per heavy atom. The second-order valence-corrected chi connectivity index (χ2v) is 8.16.